The number of hydrogen-bond donors (Lipinski definition) is 1. The van der Waals surface area contributed by atoms with Gasteiger partial charge in [0, 0.05) is 6.07 Å². The number of para-hydroxylation sites is 1. The molecule has 0 unspecified atom stereocenters. The van der Waals surface area contributed by atoms with Gasteiger partial charge in [0.25, 0.3) is 5.56 Å². The number of nitrogens with one attached hydrogen (secondary N) is 1. The molecule has 8 heteroatoms. The van der Waals surface area contributed by atoms with Gasteiger partial charge in [-0.25, -0.2) is 18.6 Å². The van der Waals surface area contributed by atoms with Gasteiger partial charge < -0.3 is 10.1 Å². The monoisotopic (exact) mass is 429 g/mol. The molecule has 0 saturated carbocycles. The molecule has 0 bridgehead atoms. The van der Waals surface area contributed by atoms with Crippen LogP contribution in [-0.2, 0) is 11.2 Å². The molecule has 0 saturated heterocycles. The molecule has 0 aliphatic carbocycles. The zero-order valence-corrected chi connectivity index (χ0v) is 18.1. The first-order valence-electron chi connectivity index (χ1n) is 10.0. The minimum Gasteiger partial charge on any atom is -0.444 e. The first-order chi connectivity index (χ1) is 14.5. The summed E-state index contributed by atoms with van der Waals surface area (Å²) >= 11 is 0. The van der Waals surface area contributed by atoms with Crippen molar-refractivity contribution < 1.29 is 18.3 Å². The molecule has 0 fully saturated rings. The smallest absolute Gasteiger partial charge is 0.408 e. The van der Waals surface area contributed by atoms with E-state index < -0.39 is 34.9 Å². The van der Waals surface area contributed by atoms with Gasteiger partial charge in [-0.1, -0.05) is 19.1 Å². The van der Waals surface area contributed by atoms with E-state index in [0.717, 1.165) is 28.3 Å². The predicted octanol–water partition coefficient (Wildman–Crippen LogP) is 4.81. The Bertz CT molecular complexity index is 1180. The molecule has 1 N–H and O–H groups in total. The summed E-state index contributed by atoms with van der Waals surface area (Å²) in [6.07, 6.45) is -0.0644. The van der Waals surface area contributed by atoms with Crippen molar-refractivity contribution in [3.05, 3.63) is 69.8 Å². The largest absolute Gasteiger partial charge is 0.444 e. The number of aromatic nitrogens is 2. The van der Waals surface area contributed by atoms with Crippen LogP contribution in [0.15, 0.2) is 41.2 Å². The van der Waals surface area contributed by atoms with Gasteiger partial charge in [0.1, 0.15) is 23.1 Å². The van der Waals surface area contributed by atoms with Gasteiger partial charge in [0.2, 0.25) is 0 Å². The van der Waals surface area contributed by atoms with Crippen LogP contribution >= 0.6 is 0 Å². The highest BCUT2D eigenvalue weighted by molar-refractivity contribution is 5.81. The summed E-state index contributed by atoms with van der Waals surface area (Å²) in [6.45, 7) is 8.74. The fourth-order valence-corrected chi connectivity index (χ4v) is 3.33. The molecular weight excluding hydrogens is 404 g/mol. The molecule has 0 aliphatic heterocycles. The van der Waals surface area contributed by atoms with Crippen LogP contribution in [0.2, 0.25) is 0 Å². The topological polar surface area (TPSA) is 73.2 Å². The number of carbonyl (C=O) groups excluding carboxylic acids is 1. The van der Waals surface area contributed by atoms with Crippen LogP contribution in [-0.4, -0.2) is 21.2 Å². The van der Waals surface area contributed by atoms with E-state index in [1.807, 2.05) is 13.0 Å². The Morgan fingerprint density at radius 2 is 1.84 bits per heavy atom. The number of aryl methyl sites for hydroxylation is 1. The Kier molecular flexibility index (Phi) is 6.10. The molecule has 3 rings (SSSR count). The number of nitrogens with zero attached hydrogens (tertiary/aromatic N) is 2. The van der Waals surface area contributed by atoms with Crippen molar-refractivity contribution in [3.63, 3.8) is 0 Å². The molecule has 6 nitrogen and oxygen atoms in total. The molecule has 3 aromatic rings. The van der Waals surface area contributed by atoms with E-state index in [2.05, 4.69) is 10.3 Å². The predicted molar refractivity (Wildman–Crippen MR) is 114 cm³/mol. The zero-order chi connectivity index (χ0) is 22.9. The third kappa shape index (κ3) is 4.90. The fourth-order valence-electron chi connectivity index (χ4n) is 3.33. The Morgan fingerprint density at radius 1 is 1.19 bits per heavy atom. The van der Waals surface area contributed by atoms with Crippen molar-refractivity contribution in [2.75, 3.05) is 0 Å². The number of benzene rings is 2. The van der Waals surface area contributed by atoms with Crippen LogP contribution in [0.1, 0.15) is 52.0 Å². The zero-order valence-electron chi connectivity index (χ0n) is 18.1. The summed E-state index contributed by atoms with van der Waals surface area (Å²) in [5, 5.41) is 2.97. The average molecular weight is 429 g/mol. The van der Waals surface area contributed by atoms with E-state index in [4.69, 9.17) is 4.74 Å². The summed E-state index contributed by atoms with van der Waals surface area (Å²) in [4.78, 5) is 30.3. The van der Waals surface area contributed by atoms with Gasteiger partial charge in [-0.2, -0.15) is 0 Å². The standard InChI is InChI=1S/C23H25F2N3O3/c1-6-14-8-7-9-18-19(14)27-20(13(2)26-22(30)31-23(3,4)5)28(21(18)29)17-11-15(24)10-16(25)12-17/h7-13H,6H2,1-5H3,(H,26,30)/t13-/m0/s1. The second kappa shape index (κ2) is 8.45. The van der Waals surface area contributed by atoms with E-state index in [1.54, 1.807) is 39.8 Å². The molecule has 1 heterocycles. The van der Waals surface area contributed by atoms with E-state index in [1.165, 1.54) is 0 Å². The Labute approximate surface area is 178 Å². The molecule has 1 aromatic heterocycles. The van der Waals surface area contributed by atoms with Gasteiger partial charge in [-0.3, -0.25) is 9.36 Å². The summed E-state index contributed by atoms with van der Waals surface area (Å²) in [5.41, 5.74) is 0.0973. The van der Waals surface area contributed by atoms with Gasteiger partial charge in [0.05, 0.1) is 22.6 Å². The maximum atomic E-state index is 13.9. The maximum absolute atomic E-state index is 13.9. The highest BCUT2D eigenvalue weighted by atomic mass is 19.1. The van der Waals surface area contributed by atoms with Crippen molar-refractivity contribution in [1.82, 2.24) is 14.9 Å². The molecule has 1 amide bonds. The summed E-state index contributed by atoms with van der Waals surface area (Å²) in [6, 6.07) is 7.24. The molecule has 2 aromatic carbocycles. The number of halogens is 2. The quantitative estimate of drug-likeness (QED) is 0.646. The van der Waals surface area contributed by atoms with Crippen LogP contribution in [0.4, 0.5) is 13.6 Å². The minimum atomic E-state index is -0.831. The van der Waals surface area contributed by atoms with E-state index in [9.17, 15) is 18.4 Å². The van der Waals surface area contributed by atoms with Gasteiger partial charge in [0.15, 0.2) is 0 Å². The lowest BCUT2D eigenvalue weighted by molar-refractivity contribution is 0.0505. The normalized spacial score (nSPS) is 12.6. The van der Waals surface area contributed by atoms with Crippen LogP contribution in [0.5, 0.6) is 0 Å². The van der Waals surface area contributed by atoms with Crippen molar-refractivity contribution in [2.45, 2.75) is 52.7 Å². The molecule has 164 valence electrons. The van der Waals surface area contributed by atoms with Gasteiger partial charge in [-0.15, -0.1) is 0 Å². The average Bonchev–Trinajstić information content (AvgIpc) is 2.64. The lowest BCUT2D eigenvalue weighted by atomic mass is 10.1. The number of ether oxygens (including phenoxy) is 1. The highest BCUT2D eigenvalue weighted by Gasteiger charge is 2.23. The van der Waals surface area contributed by atoms with Crippen LogP contribution in [0.3, 0.4) is 0 Å². The number of rotatable bonds is 4. The summed E-state index contributed by atoms with van der Waals surface area (Å²) in [5.74, 6) is -1.53. The van der Waals surface area contributed by atoms with Crippen molar-refractivity contribution in [3.8, 4) is 5.69 Å². The van der Waals surface area contributed by atoms with Crippen LogP contribution in [0, 0.1) is 11.6 Å². The molecule has 0 aliphatic rings. The number of carbonyl (C=O) groups is 1. The van der Waals surface area contributed by atoms with Crippen LogP contribution in [0.25, 0.3) is 16.6 Å². The second-order valence-corrected chi connectivity index (χ2v) is 8.27. The fraction of sp³-hybridized carbons (Fsp3) is 0.348. The first-order valence-corrected chi connectivity index (χ1v) is 10.0. The molecule has 0 radical (unpaired) electrons. The Hall–Kier alpha value is -3.29. The number of fused-ring (bicyclic) bond motifs is 1. The molecule has 0 spiro atoms. The van der Waals surface area contributed by atoms with E-state index in [-0.39, 0.29) is 11.5 Å². The van der Waals surface area contributed by atoms with Gasteiger partial charge in [-0.05, 0) is 57.9 Å². The second-order valence-electron chi connectivity index (χ2n) is 8.27. The summed E-state index contributed by atoms with van der Waals surface area (Å²) < 4.78 is 34.3. The van der Waals surface area contributed by atoms with Crippen molar-refractivity contribution in [1.29, 1.82) is 0 Å². The SMILES string of the molecule is CCc1cccc2c(=O)n(-c3cc(F)cc(F)c3)c([C@H](C)NC(=O)OC(C)(C)C)nc12. The first kappa shape index (κ1) is 22.4. The highest BCUT2D eigenvalue weighted by Crippen LogP contribution is 2.22. The van der Waals surface area contributed by atoms with E-state index >= 15 is 0 Å². The molecular formula is C23H25F2N3O3. The number of amides is 1. The Balaban J connectivity index is 2.24. The number of alkyl carbamates (subject to hydrolysis) is 1. The van der Waals surface area contributed by atoms with Crippen molar-refractivity contribution in [2.24, 2.45) is 0 Å². The third-order valence-corrected chi connectivity index (χ3v) is 4.62. The minimum absolute atomic E-state index is 0.0216. The molecule has 1 atom stereocenters. The van der Waals surface area contributed by atoms with E-state index in [0.29, 0.717) is 17.3 Å². The summed E-state index contributed by atoms with van der Waals surface area (Å²) in [7, 11) is 0. The molecule has 31 heavy (non-hydrogen) atoms. The Morgan fingerprint density at radius 3 is 2.42 bits per heavy atom. The maximum Gasteiger partial charge on any atom is 0.408 e. The lowest BCUT2D eigenvalue weighted by Gasteiger charge is -2.23. The third-order valence-electron chi connectivity index (χ3n) is 4.62. The lowest BCUT2D eigenvalue weighted by Crippen LogP contribution is -2.37. The van der Waals surface area contributed by atoms with Crippen molar-refractivity contribution >= 4 is 17.0 Å². The van der Waals surface area contributed by atoms with Crippen LogP contribution < -0.4 is 10.9 Å². The van der Waals surface area contributed by atoms with Gasteiger partial charge >= 0.3 is 6.09 Å². The number of hydrogen-bond acceptors (Lipinski definition) is 4.